The number of aliphatic hydroxyl groups excluding tert-OH is 1. The summed E-state index contributed by atoms with van der Waals surface area (Å²) < 4.78 is 0. The lowest BCUT2D eigenvalue weighted by molar-refractivity contribution is -0.142. The van der Waals surface area contributed by atoms with Gasteiger partial charge >= 0.3 is 0 Å². The van der Waals surface area contributed by atoms with Gasteiger partial charge in [-0.05, 0) is 49.7 Å². The van der Waals surface area contributed by atoms with Gasteiger partial charge in [0, 0.05) is 23.2 Å². The standard InChI is InChI=1S/C19H24O3/c1-18-8-7-12(20)9-11(18)3-4-13-14-5-6-16(22)19(14,2)10-15(21)17(13)18/h7-9,13-15,17,21H,3-6,10H2,1-2H3/t13-,14-,15-,17+,18+,19+/m1/s1. The van der Waals surface area contributed by atoms with Crippen LogP contribution in [0.1, 0.15) is 46.0 Å². The van der Waals surface area contributed by atoms with Crippen molar-refractivity contribution in [3.63, 3.8) is 0 Å². The van der Waals surface area contributed by atoms with Gasteiger partial charge in [-0.2, -0.15) is 0 Å². The number of allylic oxidation sites excluding steroid dienone is 4. The van der Waals surface area contributed by atoms with Gasteiger partial charge < -0.3 is 5.11 Å². The van der Waals surface area contributed by atoms with Crippen LogP contribution in [-0.4, -0.2) is 22.8 Å². The number of aliphatic hydroxyl groups is 1. The highest BCUT2D eigenvalue weighted by molar-refractivity contribution is 6.01. The molecule has 0 bridgehead atoms. The molecule has 1 N–H and O–H groups in total. The van der Waals surface area contributed by atoms with Crippen molar-refractivity contribution < 1.29 is 14.7 Å². The Morgan fingerprint density at radius 2 is 1.95 bits per heavy atom. The molecule has 0 aliphatic heterocycles. The summed E-state index contributed by atoms with van der Waals surface area (Å²) in [7, 11) is 0. The molecule has 0 aromatic heterocycles. The lowest BCUT2D eigenvalue weighted by Gasteiger charge is -2.57. The predicted molar refractivity (Wildman–Crippen MR) is 83.0 cm³/mol. The van der Waals surface area contributed by atoms with Crippen molar-refractivity contribution in [3.8, 4) is 0 Å². The molecular weight excluding hydrogens is 276 g/mol. The van der Waals surface area contributed by atoms with Gasteiger partial charge in [0.05, 0.1) is 6.10 Å². The quantitative estimate of drug-likeness (QED) is 0.748. The number of hydrogen-bond donors (Lipinski definition) is 1. The highest BCUT2D eigenvalue weighted by Crippen LogP contribution is 2.63. The smallest absolute Gasteiger partial charge is 0.178 e. The summed E-state index contributed by atoms with van der Waals surface area (Å²) in [5, 5.41) is 10.9. The van der Waals surface area contributed by atoms with Crippen molar-refractivity contribution >= 4 is 11.6 Å². The summed E-state index contributed by atoms with van der Waals surface area (Å²) in [4.78, 5) is 24.1. The van der Waals surface area contributed by atoms with Gasteiger partial charge in [0.1, 0.15) is 5.78 Å². The molecule has 0 heterocycles. The van der Waals surface area contributed by atoms with Crippen molar-refractivity contribution in [1.29, 1.82) is 0 Å². The normalized spacial score (nSPS) is 50.2. The number of carbonyl (C=O) groups excluding carboxylic acids is 2. The van der Waals surface area contributed by atoms with Gasteiger partial charge in [0.25, 0.3) is 0 Å². The Labute approximate surface area is 131 Å². The van der Waals surface area contributed by atoms with E-state index < -0.39 is 6.10 Å². The Kier molecular flexibility index (Phi) is 2.88. The molecule has 0 saturated heterocycles. The van der Waals surface area contributed by atoms with Gasteiger partial charge in [0.15, 0.2) is 5.78 Å². The Hall–Kier alpha value is -1.22. The number of hydrogen-bond acceptors (Lipinski definition) is 3. The molecule has 3 saturated carbocycles. The van der Waals surface area contributed by atoms with Crippen LogP contribution in [0.15, 0.2) is 23.8 Å². The number of Topliss-reactive ketones (excluding diaryl/α,β-unsaturated/α-hetero) is 1. The Balaban J connectivity index is 1.77. The molecule has 3 fully saturated rings. The maximum absolute atomic E-state index is 12.4. The zero-order valence-corrected chi connectivity index (χ0v) is 13.3. The van der Waals surface area contributed by atoms with Crippen molar-refractivity contribution in [2.45, 2.75) is 52.1 Å². The third kappa shape index (κ3) is 1.66. The largest absolute Gasteiger partial charge is 0.393 e. The van der Waals surface area contributed by atoms with Crippen LogP contribution < -0.4 is 0 Å². The van der Waals surface area contributed by atoms with E-state index in [2.05, 4.69) is 13.8 Å². The summed E-state index contributed by atoms with van der Waals surface area (Å²) in [6.45, 7) is 4.24. The Morgan fingerprint density at radius 3 is 2.73 bits per heavy atom. The zero-order chi connectivity index (χ0) is 15.7. The number of ketones is 2. The third-order valence-corrected chi connectivity index (χ3v) is 7.21. The molecule has 3 heteroatoms. The maximum Gasteiger partial charge on any atom is 0.178 e. The molecule has 4 aliphatic rings. The Morgan fingerprint density at radius 1 is 1.18 bits per heavy atom. The summed E-state index contributed by atoms with van der Waals surface area (Å²) >= 11 is 0. The van der Waals surface area contributed by atoms with E-state index in [1.165, 1.54) is 5.57 Å². The SMILES string of the molecule is C[C@]12C=CC(=O)C=C1CC[C@H]1[C@H]2[C@H](O)C[C@]2(C)C(=O)CC[C@H]12. The van der Waals surface area contributed by atoms with Gasteiger partial charge in [0.2, 0.25) is 0 Å². The van der Waals surface area contributed by atoms with Crippen LogP contribution in [0, 0.1) is 28.6 Å². The maximum atomic E-state index is 12.4. The molecular formula is C19H24O3. The van der Waals surface area contributed by atoms with E-state index in [4.69, 9.17) is 0 Å². The second-order valence-electron chi connectivity index (χ2n) is 8.17. The molecule has 4 aliphatic carbocycles. The van der Waals surface area contributed by atoms with Gasteiger partial charge in [-0.1, -0.05) is 25.5 Å². The average molecular weight is 300 g/mol. The van der Waals surface area contributed by atoms with Gasteiger partial charge in [-0.25, -0.2) is 0 Å². The fraction of sp³-hybridized carbons (Fsp3) is 0.684. The van der Waals surface area contributed by atoms with Crippen molar-refractivity contribution in [1.82, 2.24) is 0 Å². The van der Waals surface area contributed by atoms with E-state index in [1.54, 1.807) is 12.2 Å². The first kappa shape index (κ1) is 14.4. The second-order valence-corrected chi connectivity index (χ2v) is 8.17. The zero-order valence-electron chi connectivity index (χ0n) is 13.3. The van der Waals surface area contributed by atoms with Crippen LogP contribution in [0.25, 0.3) is 0 Å². The summed E-state index contributed by atoms with van der Waals surface area (Å²) in [5.41, 5.74) is 0.628. The van der Waals surface area contributed by atoms with Gasteiger partial charge in [-0.15, -0.1) is 0 Å². The van der Waals surface area contributed by atoms with E-state index in [1.807, 2.05) is 6.08 Å². The van der Waals surface area contributed by atoms with Crippen LogP contribution in [0.4, 0.5) is 0 Å². The number of carbonyl (C=O) groups is 2. The summed E-state index contributed by atoms with van der Waals surface area (Å²) in [5.74, 6) is 1.34. The first-order valence-electron chi connectivity index (χ1n) is 8.52. The minimum absolute atomic E-state index is 0.0668. The van der Waals surface area contributed by atoms with Crippen LogP contribution in [0.2, 0.25) is 0 Å². The van der Waals surface area contributed by atoms with E-state index in [0.717, 1.165) is 19.3 Å². The lowest BCUT2D eigenvalue weighted by Crippen LogP contribution is -2.55. The highest BCUT2D eigenvalue weighted by atomic mass is 16.3. The van der Waals surface area contributed by atoms with Crippen LogP contribution in [-0.2, 0) is 9.59 Å². The highest BCUT2D eigenvalue weighted by Gasteiger charge is 2.61. The minimum Gasteiger partial charge on any atom is -0.393 e. The molecule has 3 nitrogen and oxygen atoms in total. The monoisotopic (exact) mass is 300 g/mol. The van der Waals surface area contributed by atoms with Crippen LogP contribution in [0.5, 0.6) is 0 Å². The molecule has 0 amide bonds. The van der Waals surface area contributed by atoms with Crippen molar-refractivity contribution in [2.24, 2.45) is 28.6 Å². The summed E-state index contributed by atoms with van der Waals surface area (Å²) in [6, 6.07) is 0. The van der Waals surface area contributed by atoms with Crippen molar-refractivity contribution in [3.05, 3.63) is 23.8 Å². The van der Waals surface area contributed by atoms with E-state index in [9.17, 15) is 14.7 Å². The first-order chi connectivity index (χ1) is 10.4. The molecule has 4 rings (SSSR count). The van der Waals surface area contributed by atoms with Gasteiger partial charge in [-0.3, -0.25) is 9.59 Å². The number of fused-ring (bicyclic) bond motifs is 5. The molecule has 118 valence electrons. The Bertz CT molecular complexity index is 616. The fourth-order valence-corrected chi connectivity index (χ4v) is 6.10. The lowest BCUT2D eigenvalue weighted by atomic mass is 9.47. The average Bonchev–Trinajstić information content (AvgIpc) is 2.75. The molecule has 0 radical (unpaired) electrons. The molecule has 0 aromatic rings. The third-order valence-electron chi connectivity index (χ3n) is 7.21. The van der Waals surface area contributed by atoms with Crippen LogP contribution in [0.3, 0.4) is 0 Å². The van der Waals surface area contributed by atoms with E-state index in [0.29, 0.717) is 30.5 Å². The molecule has 22 heavy (non-hydrogen) atoms. The van der Waals surface area contributed by atoms with E-state index >= 15 is 0 Å². The predicted octanol–water partition coefficient (Wildman–Crippen LogP) is 2.83. The topological polar surface area (TPSA) is 54.4 Å². The van der Waals surface area contributed by atoms with Crippen LogP contribution >= 0.6 is 0 Å². The fourth-order valence-electron chi connectivity index (χ4n) is 6.10. The second kappa shape index (κ2) is 4.41. The summed E-state index contributed by atoms with van der Waals surface area (Å²) in [6.07, 6.45) is 9.14. The minimum atomic E-state index is -0.458. The molecule has 0 aromatic carbocycles. The molecule has 0 spiro atoms. The number of rotatable bonds is 0. The first-order valence-corrected chi connectivity index (χ1v) is 8.52. The molecule has 6 atom stereocenters. The van der Waals surface area contributed by atoms with Crippen molar-refractivity contribution in [2.75, 3.05) is 0 Å². The van der Waals surface area contributed by atoms with E-state index in [-0.39, 0.29) is 22.5 Å². The molecule has 0 unspecified atom stereocenters.